The third-order valence-corrected chi connectivity index (χ3v) is 9.33. The van der Waals surface area contributed by atoms with Crippen molar-refractivity contribution in [3.8, 4) is 0 Å². The zero-order valence-corrected chi connectivity index (χ0v) is 30.0. The maximum atomic E-state index is 13.3. The monoisotopic (exact) mass is 778 g/mol. The van der Waals surface area contributed by atoms with Gasteiger partial charge in [0.15, 0.2) is 0 Å². The first-order valence-corrected chi connectivity index (χ1v) is 17.7. The molecule has 0 heterocycles. The van der Waals surface area contributed by atoms with Gasteiger partial charge < -0.3 is 9.47 Å². The van der Waals surface area contributed by atoms with Crippen LogP contribution < -0.4 is 9.44 Å². The highest BCUT2D eigenvalue weighted by molar-refractivity contribution is 9.10. The minimum Gasteiger partial charge on any atom is -0.466 e. The van der Waals surface area contributed by atoms with Crippen LogP contribution in [0.25, 0.3) is 6.08 Å². The molecule has 0 aliphatic rings. The van der Waals surface area contributed by atoms with E-state index in [9.17, 15) is 35.2 Å². The van der Waals surface area contributed by atoms with E-state index in [1.165, 1.54) is 87.0 Å². The largest absolute Gasteiger partial charge is 0.466 e. The zero-order chi connectivity index (χ0) is 36.8. The van der Waals surface area contributed by atoms with Crippen molar-refractivity contribution in [3.05, 3.63) is 136 Å². The van der Waals surface area contributed by atoms with Crippen LogP contribution in [-0.2, 0) is 39.1 Å². The lowest BCUT2D eigenvalue weighted by Crippen LogP contribution is -2.13. The van der Waals surface area contributed by atoms with Crippen molar-refractivity contribution in [3.63, 3.8) is 0 Å². The second-order valence-corrected chi connectivity index (χ2v) is 14.0. The van der Waals surface area contributed by atoms with Gasteiger partial charge in [0.05, 0.1) is 24.0 Å². The number of anilines is 2. The molecule has 10 nitrogen and oxygen atoms in total. The lowest BCUT2D eigenvalue weighted by atomic mass is 10.2. The van der Waals surface area contributed by atoms with E-state index in [1.807, 2.05) is 0 Å². The molecule has 0 atom stereocenters. The average molecular weight is 780 g/mol. The molecule has 4 aromatic rings. The third kappa shape index (κ3) is 13.3. The van der Waals surface area contributed by atoms with E-state index in [2.05, 4.69) is 41.4 Å². The topological polar surface area (TPSA) is 145 Å². The molecule has 4 aromatic carbocycles. The van der Waals surface area contributed by atoms with E-state index in [0.29, 0.717) is 26.9 Å². The van der Waals surface area contributed by atoms with Gasteiger partial charge in [-0.3, -0.25) is 9.44 Å². The van der Waals surface area contributed by atoms with Gasteiger partial charge in [-0.05, 0) is 103 Å². The number of esters is 2. The molecule has 260 valence electrons. The van der Waals surface area contributed by atoms with Gasteiger partial charge in [-0.1, -0.05) is 40.7 Å². The molecule has 0 bridgehead atoms. The van der Waals surface area contributed by atoms with Crippen LogP contribution in [0.4, 0.5) is 20.2 Å². The Kier molecular flexibility index (Phi) is 15.3. The molecule has 0 aliphatic heterocycles. The molecule has 0 amide bonds. The Bertz CT molecular complexity index is 2050. The van der Waals surface area contributed by atoms with Crippen LogP contribution in [0.15, 0.2) is 118 Å². The number of halogens is 3. The van der Waals surface area contributed by atoms with Crippen molar-refractivity contribution in [1.29, 1.82) is 0 Å². The number of ether oxygens (including phenoxy) is 2. The van der Waals surface area contributed by atoms with Crippen LogP contribution >= 0.6 is 15.9 Å². The summed E-state index contributed by atoms with van der Waals surface area (Å²) in [6.45, 7) is 6.28. The normalized spacial score (nSPS) is 10.8. The average Bonchev–Trinajstić information content (AvgIpc) is 3.07. The minimum atomic E-state index is -3.83. The first kappa shape index (κ1) is 40.3. The van der Waals surface area contributed by atoms with E-state index >= 15 is 0 Å². The van der Waals surface area contributed by atoms with Crippen LogP contribution in [0.1, 0.15) is 16.7 Å². The highest BCUT2D eigenvalue weighted by Crippen LogP contribution is 2.22. The molecule has 0 fully saturated rings. The quantitative estimate of drug-likeness (QED) is 0.135. The van der Waals surface area contributed by atoms with Crippen LogP contribution in [0.2, 0.25) is 0 Å². The number of carbonyl (C=O) groups excluding carboxylic acids is 2. The van der Waals surface area contributed by atoms with Crippen molar-refractivity contribution >= 4 is 65.4 Å². The molecule has 0 unspecified atom stereocenters. The number of hydrogen-bond acceptors (Lipinski definition) is 8. The summed E-state index contributed by atoms with van der Waals surface area (Å²) in [5.41, 5.74) is 1.85. The number of nitrogens with one attached hydrogen (secondary N) is 2. The fourth-order valence-electron chi connectivity index (χ4n) is 3.58. The van der Waals surface area contributed by atoms with Crippen molar-refractivity contribution in [2.45, 2.75) is 23.6 Å². The highest BCUT2D eigenvalue weighted by Gasteiger charge is 2.16. The Morgan fingerprint density at radius 1 is 0.714 bits per heavy atom. The van der Waals surface area contributed by atoms with E-state index < -0.39 is 37.8 Å². The van der Waals surface area contributed by atoms with E-state index in [0.717, 1.165) is 6.08 Å². The van der Waals surface area contributed by atoms with Crippen molar-refractivity contribution in [1.82, 2.24) is 0 Å². The van der Waals surface area contributed by atoms with Crippen LogP contribution in [0.3, 0.4) is 0 Å². The summed E-state index contributed by atoms with van der Waals surface area (Å²) >= 11 is 3.22. The molecule has 4 rings (SSSR count). The Labute approximate surface area is 292 Å². The predicted molar refractivity (Wildman–Crippen MR) is 188 cm³/mol. The van der Waals surface area contributed by atoms with Crippen LogP contribution in [0, 0.1) is 25.5 Å². The fourth-order valence-corrected chi connectivity index (χ4v) is 6.33. The summed E-state index contributed by atoms with van der Waals surface area (Å²) in [6, 6.07) is 20.4. The molecule has 2 N–H and O–H groups in total. The van der Waals surface area contributed by atoms with Crippen LogP contribution in [0.5, 0.6) is 0 Å². The summed E-state index contributed by atoms with van der Waals surface area (Å²) in [7, 11) is -4.94. The van der Waals surface area contributed by atoms with E-state index in [-0.39, 0.29) is 21.3 Å². The molecule has 0 aliphatic carbocycles. The smallest absolute Gasteiger partial charge is 0.330 e. The lowest BCUT2D eigenvalue weighted by molar-refractivity contribution is -0.135. The van der Waals surface area contributed by atoms with Gasteiger partial charge in [-0.25, -0.2) is 35.2 Å². The summed E-state index contributed by atoms with van der Waals surface area (Å²) in [5.74, 6) is -1.71. The van der Waals surface area contributed by atoms with Crippen LogP contribution in [-0.4, -0.2) is 43.0 Å². The van der Waals surface area contributed by atoms with E-state index in [4.69, 9.17) is 0 Å². The summed E-state index contributed by atoms with van der Waals surface area (Å²) < 4.78 is 89.6. The number of rotatable bonds is 9. The Morgan fingerprint density at radius 3 is 1.59 bits per heavy atom. The second kappa shape index (κ2) is 18.6. The van der Waals surface area contributed by atoms with Crippen molar-refractivity contribution in [2.75, 3.05) is 23.7 Å². The number of sulfonamides is 2. The van der Waals surface area contributed by atoms with Crippen molar-refractivity contribution < 1.29 is 44.7 Å². The summed E-state index contributed by atoms with van der Waals surface area (Å²) in [5, 5.41) is 0. The van der Waals surface area contributed by atoms with Gasteiger partial charge in [-0.2, -0.15) is 0 Å². The lowest BCUT2D eigenvalue weighted by Gasteiger charge is -2.09. The van der Waals surface area contributed by atoms with Gasteiger partial charge in [0.2, 0.25) is 0 Å². The number of hydrogen-bond donors (Lipinski definition) is 2. The third-order valence-electron chi connectivity index (χ3n) is 6.08. The summed E-state index contributed by atoms with van der Waals surface area (Å²) in [4.78, 5) is 21.1. The molecule has 0 radical (unpaired) electrons. The van der Waals surface area contributed by atoms with Gasteiger partial charge in [0.25, 0.3) is 20.0 Å². The molecule has 0 saturated carbocycles. The van der Waals surface area contributed by atoms with Gasteiger partial charge in [0.1, 0.15) is 11.6 Å². The minimum absolute atomic E-state index is 0.0245. The Morgan fingerprint density at radius 2 is 1.18 bits per heavy atom. The highest BCUT2D eigenvalue weighted by atomic mass is 79.9. The fraction of sp³-hybridized carbons (Fsp3) is 0.118. The molecular weight excluding hydrogens is 746 g/mol. The second-order valence-electron chi connectivity index (χ2n) is 9.75. The van der Waals surface area contributed by atoms with Gasteiger partial charge >= 0.3 is 11.9 Å². The Hall–Kier alpha value is -4.86. The maximum absolute atomic E-state index is 13.3. The standard InChI is InChI=1S/C17H16FNO4S.C13H11BrFNO2S.C4H6O2/c1-12-10-14(7-8-16(12)18)19-24(21,22)15-5-3-4-13(11-15)6-9-17(20)23-2;1-9-7-11(5-6-13(9)15)16-19(17,18)12-4-2-3-10(14)8-12;1-3-4(5)6-2/h3-11,19H,1-2H3;2-8,16H,1H3;3H,1H2,2H3/b9-6+;;. The van der Waals surface area contributed by atoms with E-state index in [1.54, 1.807) is 38.1 Å². The zero-order valence-electron chi connectivity index (χ0n) is 26.7. The predicted octanol–water partition coefficient (Wildman–Crippen LogP) is 7.16. The number of aryl methyl sites for hydroxylation is 2. The Balaban J connectivity index is 0.000000297. The number of methoxy groups -OCH3 is 2. The number of carbonyl (C=O) groups is 2. The molecule has 0 aromatic heterocycles. The first-order chi connectivity index (χ1) is 23.0. The van der Waals surface area contributed by atoms with Crippen molar-refractivity contribution in [2.24, 2.45) is 0 Å². The maximum Gasteiger partial charge on any atom is 0.330 e. The van der Waals surface area contributed by atoms with Gasteiger partial charge in [0, 0.05) is 28.0 Å². The number of benzene rings is 4. The van der Waals surface area contributed by atoms with Gasteiger partial charge in [-0.15, -0.1) is 0 Å². The molecule has 15 heteroatoms. The first-order valence-electron chi connectivity index (χ1n) is 13.9. The molecular formula is C34H33BrF2N2O8S2. The molecule has 0 spiro atoms. The SMILES string of the molecule is C=CC(=O)OC.COC(=O)/C=C/c1cccc(S(=O)(=O)Nc2ccc(F)c(C)c2)c1.Cc1cc(NS(=O)(=O)c2cccc(Br)c2)ccc1F. The molecule has 49 heavy (non-hydrogen) atoms. The summed E-state index contributed by atoms with van der Waals surface area (Å²) in [6.07, 6.45) is 3.76. The molecule has 0 saturated heterocycles.